The molecule has 1 nitrogen and oxygen atoms in total. The Kier molecular flexibility index (Phi) is 6.61. The maximum atomic E-state index is 13.6. The van der Waals surface area contributed by atoms with E-state index in [0.29, 0.717) is 17.7 Å². The highest BCUT2D eigenvalue weighted by Crippen LogP contribution is 2.33. The van der Waals surface area contributed by atoms with E-state index in [1.54, 1.807) is 12.1 Å². The fourth-order valence-corrected chi connectivity index (χ4v) is 1.81. The van der Waals surface area contributed by atoms with Gasteiger partial charge in [-0.1, -0.05) is 39.8 Å². The van der Waals surface area contributed by atoms with Crippen LogP contribution in [0.4, 0.5) is 17.6 Å². The second-order valence-electron chi connectivity index (χ2n) is 4.97. The third-order valence-corrected chi connectivity index (χ3v) is 3.03. The first-order valence-electron chi connectivity index (χ1n) is 7.42. The predicted octanol–water partition coefficient (Wildman–Crippen LogP) is 6.79. The highest BCUT2D eigenvalue weighted by Gasteiger charge is 2.31. The number of benzene rings is 2. The van der Waals surface area contributed by atoms with Crippen LogP contribution in [-0.4, -0.2) is 0 Å². The van der Waals surface area contributed by atoms with Crippen molar-refractivity contribution >= 4 is 0 Å². The van der Waals surface area contributed by atoms with Crippen LogP contribution in [0.1, 0.15) is 44.7 Å². The van der Waals surface area contributed by atoms with Crippen LogP contribution in [0.3, 0.4) is 0 Å². The quantitative estimate of drug-likeness (QED) is 0.564. The molecule has 0 aromatic heterocycles. The number of alkyl halides is 3. The van der Waals surface area contributed by atoms with E-state index in [0.717, 1.165) is 17.7 Å². The van der Waals surface area contributed by atoms with Crippen LogP contribution in [-0.2, 0) is 6.18 Å². The summed E-state index contributed by atoms with van der Waals surface area (Å²) in [6.45, 7) is 8.07. The number of halogens is 4. The Morgan fingerprint density at radius 3 is 1.91 bits per heavy atom. The Bertz CT molecular complexity index is 616. The Morgan fingerprint density at radius 2 is 1.48 bits per heavy atom. The molecule has 0 aliphatic rings. The second kappa shape index (κ2) is 7.99. The van der Waals surface area contributed by atoms with E-state index in [2.05, 4.69) is 0 Å². The minimum Gasteiger partial charge on any atom is -0.454 e. The molecule has 5 heteroatoms. The molecule has 23 heavy (non-hydrogen) atoms. The third kappa shape index (κ3) is 5.27. The van der Waals surface area contributed by atoms with Gasteiger partial charge in [-0.2, -0.15) is 13.2 Å². The largest absolute Gasteiger partial charge is 0.454 e. The van der Waals surface area contributed by atoms with Gasteiger partial charge in [-0.15, -0.1) is 0 Å². The van der Waals surface area contributed by atoms with Gasteiger partial charge in [-0.25, -0.2) is 4.39 Å². The van der Waals surface area contributed by atoms with Crippen molar-refractivity contribution in [1.29, 1.82) is 0 Å². The first-order valence-corrected chi connectivity index (χ1v) is 7.42. The monoisotopic (exact) mass is 328 g/mol. The molecule has 0 N–H and O–H groups in total. The maximum Gasteiger partial charge on any atom is 0.416 e. The number of ether oxygens (including phenoxy) is 1. The summed E-state index contributed by atoms with van der Waals surface area (Å²) < 4.78 is 56.2. The number of rotatable bonds is 3. The minimum absolute atomic E-state index is 0.236. The summed E-state index contributed by atoms with van der Waals surface area (Å²) in [4.78, 5) is 0. The van der Waals surface area contributed by atoms with Gasteiger partial charge in [0.05, 0.1) is 5.56 Å². The van der Waals surface area contributed by atoms with Gasteiger partial charge in [-0.3, -0.25) is 0 Å². The van der Waals surface area contributed by atoms with Crippen molar-refractivity contribution < 1.29 is 22.3 Å². The molecule has 2 rings (SSSR count). The zero-order valence-corrected chi connectivity index (χ0v) is 13.5. The molecule has 0 spiro atoms. The summed E-state index contributed by atoms with van der Waals surface area (Å²) >= 11 is 0. The lowest BCUT2D eigenvalue weighted by Crippen LogP contribution is -2.05. The van der Waals surface area contributed by atoms with Crippen molar-refractivity contribution in [3.8, 4) is 11.5 Å². The zero-order valence-electron chi connectivity index (χ0n) is 13.5. The van der Waals surface area contributed by atoms with Crippen LogP contribution < -0.4 is 4.74 Å². The Labute approximate surface area is 133 Å². The molecular formula is C18H20F4O. The van der Waals surface area contributed by atoms with Gasteiger partial charge in [0.15, 0.2) is 11.6 Å². The van der Waals surface area contributed by atoms with Crippen molar-refractivity contribution in [2.24, 2.45) is 0 Å². The molecular weight excluding hydrogens is 308 g/mol. The maximum absolute atomic E-state index is 13.6. The van der Waals surface area contributed by atoms with E-state index in [1.807, 2.05) is 39.8 Å². The van der Waals surface area contributed by atoms with Crippen molar-refractivity contribution in [3.63, 3.8) is 0 Å². The summed E-state index contributed by atoms with van der Waals surface area (Å²) in [7, 11) is 0. The molecule has 2 aromatic carbocycles. The van der Waals surface area contributed by atoms with Crippen molar-refractivity contribution in [2.45, 2.75) is 39.8 Å². The van der Waals surface area contributed by atoms with Gasteiger partial charge in [0.1, 0.15) is 5.75 Å². The van der Waals surface area contributed by atoms with Gasteiger partial charge in [0.25, 0.3) is 0 Å². The summed E-state index contributed by atoms with van der Waals surface area (Å²) in [5, 5.41) is 0. The molecule has 126 valence electrons. The number of hydrogen-bond donors (Lipinski definition) is 0. The number of hydrogen-bond acceptors (Lipinski definition) is 1. The van der Waals surface area contributed by atoms with Crippen LogP contribution in [0.2, 0.25) is 0 Å². The molecule has 0 aliphatic carbocycles. The highest BCUT2D eigenvalue weighted by molar-refractivity contribution is 5.36. The third-order valence-electron chi connectivity index (χ3n) is 3.03. The van der Waals surface area contributed by atoms with Crippen LogP contribution in [0, 0.1) is 5.82 Å². The average Bonchev–Trinajstić information content (AvgIpc) is 2.51. The Hall–Kier alpha value is -2.04. The van der Waals surface area contributed by atoms with Crippen LogP contribution in [0.25, 0.3) is 0 Å². The van der Waals surface area contributed by atoms with E-state index in [4.69, 9.17) is 4.74 Å². The first kappa shape index (κ1) is 19.0. The van der Waals surface area contributed by atoms with Crippen LogP contribution in [0.15, 0.2) is 42.5 Å². The van der Waals surface area contributed by atoms with E-state index < -0.39 is 17.6 Å². The fraction of sp³-hybridized carbons (Fsp3) is 0.333. The standard InChI is InChI=1S/C16H14F4O.C2H6/c1-10(2)11-3-6-13(7-4-11)21-15-8-5-12(9-14(15)17)16(18,19)20;1-2/h3-10H,1-2H3;1-2H3. The minimum atomic E-state index is -4.57. The summed E-state index contributed by atoms with van der Waals surface area (Å²) in [6, 6.07) is 9.19. The molecule has 0 unspecified atom stereocenters. The van der Waals surface area contributed by atoms with Crippen molar-refractivity contribution in [1.82, 2.24) is 0 Å². The molecule has 0 atom stereocenters. The van der Waals surface area contributed by atoms with Gasteiger partial charge >= 0.3 is 6.18 Å². The first-order chi connectivity index (χ1) is 10.8. The molecule has 0 saturated heterocycles. The molecule has 0 fully saturated rings. The summed E-state index contributed by atoms with van der Waals surface area (Å²) in [5.74, 6) is -0.557. The normalized spacial score (nSPS) is 11.0. The summed E-state index contributed by atoms with van der Waals surface area (Å²) in [5.41, 5.74) is 0.0535. The molecule has 0 radical (unpaired) electrons. The Morgan fingerprint density at radius 1 is 0.913 bits per heavy atom. The lowest BCUT2D eigenvalue weighted by Gasteiger charge is -2.11. The SMILES string of the molecule is CC.CC(C)c1ccc(Oc2ccc(C(F)(F)F)cc2F)cc1. The highest BCUT2D eigenvalue weighted by atomic mass is 19.4. The average molecular weight is 328 g/mol. The van der Waals surface area contributed by atoms with E-state index in [-0.39, 0.29) is 5.75 Å². The van der Waals surface area contributed by atoms with Crippen LogP contribution >= 0.6 is 0 Å². The molecule has 0 bridgehead atoms. The summed E-state index contributed by atoms with van der Waals surface area (Å²) in [6.07, 6.45) is -4.57. The van der Waals surface area contributed by atoms with E-state index >= 15 is 0 Å². The van der Waals surface area contributed by atoms with E-state index in [1.165, 1.54) is 0 Å². The predicted molar refractivity (Wildman–Crippen MR) is 83.4 cm³/mol. The zero-order chi connectivity index (χ0) is 17.6. The molecule has 2 aromatic rings. The van der Waals surface area contributed by atoms with Crippen molar-refractivity contribution in [3.05, 3.63) is 59.4 Å². The molecule has 0 aliphatic heterocycles. The lowest BCUT2D eigenvalue weighted by molar-refractivity contribution is -0.137. The molecule has 0 saturated carbocycles. The molecule has 0 heterocycles. The van der Waals surface area contributed by atoms with Gasteiger partial charge in [-0.05, 0) is 41.8 Å². The topological polar surface area (TPSA) is 9.23 Å². The van der Waals surface area contributed by atoms with Crippen molar-refractivity contribution in [2.75, 3.05) is 0 Å². The Balaban J connectivity index is 0.00000127. The fourth-order valence-electron chi connectivity index (χ4n) is 1.81. The van der Waals surface area contributed by atoms with E-state index in [9.17, 15) is 17.6 Å². The molecule has 0 amide bonds. The smallest absolute Gasteiger partial charge is 0.416 e. The van der Waals surface area contributed by atoms with Crippen LogP contribution in [0.5, 0.6) is 11.5 Å². The van der Waals surface area contributed by atoms with Gasteiger partial charge in [0.2, 0.25) is 0 Å². The lowest BCUT2D eigenvalue weighted by atomic mass is 10.0. The second-order valence-corrected chi connectivity index (χ2v) is 4.97. The van der Waals surface area contributed by atoms with Gasteiger partial charge < -0.3 is 4.74 Å². The van der Waals surface area contributed by atoms with Gasteiger partial charge in [0, 0.05) is 0 Å².